The number of hydrogen-bond acceptors (Lipinski definition) is 9. The van der Waals surface area contributed by atoms with Gasteiger partial charge in [0.1, 0.15) is 12.7 Å². The van der Waals surface area contributed by atoms with E-state index in [9.17, 15) is 19.2 Å². The Kier molecular flexibility index (Phi) is 7.61. The predicted octanol–water partition coefficient (Wildman–Crippen LogP) is 0.464. The van der Waals surface area contributed by atoms with Crippen LogP contribution in [0.2, 0.25) is 0 Å². The van der Waals surface area contributed by atoms with Gasteiger partial charge in [-0.05, 0) is 0 Å². The van der Waals surface area contributed by atoms with Crippen molar-refractivity contribution >= 4 is 39.8 Å². The van der Waals surface area contributed by atoms with Crippen LogP contribution in [0.1, 0.15) is 27.7 Å². The van der Waals surface area contributed by atoms with Crippen LogP contribution in [0.3, 0.4) is 0 Å². The second-order valence-electron chi connectivity index (χ2n) is 5.05. The van der Waals surface area contributed by atoms with Gasteiger partial charge < -0.3 is 23.7 Å². The van der Waals surface area contributed by atoms with Crippen LogP contribution in [-0.4, -0.2) is 59.9 Å². The second kappa shape index (κ2) is 8.97. The molecular formula is C14H19BrO9. The molecule has 1 rings (SSSR count). The van der Waals surface area contributed by atoms with Crippen molar-refractivity contribution < 1.29 is 42.9 Å². The fraction of sp³-hybridized carbons (Fsp3) is 0.714. The zero-order valence-corrected chi connectivity index (χ0v) is 15.2. The van der Waals surface area contributed by atoms with Crippen molar-refractivity contribution in [3.05, 3.63) is 0 Å². The molecule has 136 valence electrons. The molecular weight excluding hydrogens is 392 g/mol. The molecule has 5 atom stereocenters. The molecule has 0 N–H and O–H groups in total. The number of alkyl halides is 1. The molecule has 0 aromatic rings. The summed E-state index contributed by atoms with van der Waals surface area (Å²) in [5.41, 5.74) is 0. The van der Waals surface area contributed by atoms with Gasteiger partial charge in [0.2, 0.25) is 0 Å². The summed E-state index contributed by atoms with van der Waals surface area (Å²) in [4.78, 5) is 45.1. The number of rotatable bonds is 5. The maximum absolute atomic E-state index is 11.4. The molecule has 1 saturated heterocycles. The fourth-order valence-corrected chi connectivity index (χ4v) is 2.86. The van der Waals surface area contributed by atoms with Gasteiger partial charge in [-0.1, -0.05) is 15.9 Å². The second-order valence-corrected chi connectivity index (χ2v) is 5.95. The molecule has 0 radical (unpaired) electrons. The topological polar surface area (TPSA) is 114 Å². The van der Waals surface area contributed by atoms with Gasteiger partial charge in [-0.3, -0.25) is 19.2 Å². The van der Waals surface area contributed by atoms with Gasteiger partial charge in [0, 0.05) is 27.7 Å². The van der Waals surface area contributed by atoms with Gasteiger partial charge >= 0.3 is 23.9 Å². The summed E-state index contributed by atoms with van der Waals surface area (Å²) < 4.78 is 25.9. The molecule has 10 heteroatoms. The largest absolute Gasteiger partial charge is 0.463 e. The summed E-state index contributed by atoms with van der Waals surface area (Å²) in [7, 11) is 0. The van der Waals surface area contributed by atoms with E-state index < -0.39 is 53.3 Å². The lowest BCUT2D eigenvalue weighted by molar-refractivity contribution is -0.236. The van der Waals surface area contributed by atoms with E-state index >= 15 is 0 Å². The fourth-order valence-electron chi connectivity index (χ4n) is 2.18. The van der Waals surface area contributed by atoms with Crippen molar-refractivity contribution in [2.24, 2.45) is 0 Å². The Morgan fingerprint density at radius 3 is 1.71 bits per heavy atom. The van der Waals surface area contributed by atoms with Crippen LogP contribution >= 0.6 is 15.9 Å². The Hall–Kier alpha value is -1.68. The highest BCUT2D eigenvalue weighted by Gasteiger charge is 2.51. The van der Waals surface area contributed by atoms with Gasteiger partial charge in [0.05, 0.1) is 0 Å². The van der Waals surface area contributed by atoms with Crippen molar-refractivity contribution in [2.75, 3.05) is 6.61 Å². The van der Waals surface area contributed by atoms with Crippen LogP contribution < -0.4 is 0 Å². The van der Waals surface area contributed by atoms with E-state index in [0.29, 0.717) is 0 Å². The Morgan fingerprint density at radius 1 is 0.792 bits per heavy atom. The first kappa shape index (κ1) is 20.4. The summed E-state index contributed by atoms with van der Waals surface area (Å²) in [6, 6.07) is 0. The van der Waals surface area contributed by atoms with E-state index in [1.54, 1.807) is 0 Å². The molecule has 1 aliphatic rings. The SMILES string of the molecule is CC(=O)OC[C@H]1O[C@H](Br)[C@@H](OC(C)=O)[C@H](OC(C)=O)[C@H]1OC(C)=O. The lowest BCUT2D eigenvalue weighted by Gasteiger charge is -2.42. The maximum Gasteiger partial charge on any atom is 0.303 e. The average Bonchev–Trinajstić information content (AvgIpc) is 2.42. The van der Waals surface area contributed by atoms with Crippen LogP contribution in [0.5, 0.6) is 0 Å². The molecule has 0 aliphatic carbocycles. The summed E-state index contributed by atoms with van der Waals surface area (Å²) in [6.45, 7) is 4.47. The minimum atomic E-state index is -1.13. The molecule has 1 heterocycles. The van der Waals surface area contributed by atoms with Gasteiger partial charge in [0.25, 0.3) is 0 Å². The minimum absolute atomic E-state index is 0.236. The first-order valence-corrected chi connectivity index (χ1v) is 7.98. The van der Waals surface area contributed by atoms with Gasteiger partial charge in [-0.15, -0.1) is 0 Å². The molecule has 0 unspecified atom stereocenters. The summed E-state index contributed by atoms with van der Waals surface area (Å²) in [6.07, 6.45) is -4.22. The Bertz CT molecular complexity index is 506. The first-order chi connectivity index (χ1) is 11.1. The molecule has 0 aromatic heterocycles. The third-order valence-corrected chi connectivity index (χ3v) is 3.67. The molecule has 0 bridgehead atoms. The van der Waals surface area contributed by atoms with Gasteiger partial charge in [-0.25, -0.2) is 0 Å². The van der Waals surface area contributed by atoms with E-state index in [1.165, 1.54) is 13.8 Å². The molecule has 9 nitrogen and oxygen atoms in total. The summed E-state index contributed by atoms with van der Waals surface area (Å²) >= 11 is 3.18. The average molecular weight is 411 g/mol. The molecule has 0 saturated carbocycles. The van der Waals surface area contributed by atoms with E-state index in [4.69, 9.17) is 23.7 Å². The Balaban J connectivity index is 3.11. The first-order valence-electron chi connectivity index (χ1n) is 7.06. The number of hydrogen-bond donors (Lipinski definition) is 0. The zero-order chi connectivity index (χ0) is 18.4. The lowest BCUT2D eigenvalue weighted by Crippen LogP contribution is -2.60. The monoisotopic (exact) mass is 410 g/mol. The minimum Gasteiger partial charge on any atom is -0.463 e. The number of carbonyl (C=O) groups is 4. The normalized spacial score (nSPS) is 29.3. The summed E-state index contributed by atoms with van der Waals surface area (Å²) in [5, 5.41) is -0.863. The smallest absolute Gasteiger partial charge is 0.303 e. The molecule has 1 fully saturated rings. The standard InChI is InChI=1S/C14H19BrO9/c1-6(16)20-5-10-11(21-7(2)17)12(22-8(3)18)13(14(15)24-10)23-9(4)19/h10-14H,5H2,1-4H3/t10-,11+,12-,13+,14+/m1/s1. The van der Waals surface area contributed by atoms with Gasteiger partial charge in [-0.2, -0.15) is 0 Å². The third kappa shape index (κ3) is 6.08. The van der Waals surface area contributed by atoms with E-state index in [0.717, 1.165) is 13.8 Å². The highest BCUT2D eigenvalue weighted by atomic mass is 79.9. The number of ether oxygens (including phenoxy) is 5. The van der Waals surface area contributed by atoms with Gasteiger partial charge in [0.15, 0.2) is 23.3 Å². The highest BCUT2D eigenvalue weighted by molar-refractivity contribution is 9.09. The van der Waals surface area contributed by atoms with E-state index in [-0.39, 0.29) is 6.61 Å². The quantitative estimate of drug-likeness (QED) is 0.362. The van der Waals surface area contributed by atoms with Crippen molar-refractivity contribution in [1.29, 1.82) is 0 Å². The predicted molar refractivity (Wildman–Crippen MR) is 80.9 cm³/mol. The summed E-state index contributed by atoms with van der Waals surface area (Å²) in [5.74, 6) is -2.52. The number of esters is 4. The van der Waals surface area contributed by atoms with Crippen LogP contribution in [0.15, 0.2) is 0 Å². The number of halogens is 1. The maximum atomic E-state index is 11.4. The molecule has 0 spiro atoms. The lowest BCUT2D eigenvalue weighted by atomic mass is 9.99. The third-order valence-electron chi connectivity index (χ3n) is 2.93. The van der Waals surface area contributed by atoms with Crippen LogP contribution in [0.25, 0.3) is 0 Å². The molecule has 1 aliphatic heterocycles. The van der Waals surface area contributed by atoms with Crippen molar-refractivity contribution in [3.63, 3.8) is 0 Å². The van der Waals surface area contributed by atoms with E-state index in [2.05, 4.69) is 15.9 Å². The molecule has 24 heavy (non-hydrogen) atoms. The molecule has 0 aromatic carbocycles. The Morgan fingerprint density at radius 2 is 1.25 bits per heavy atom. The molecule has 0 amide bonds. The van der Waals surface area contributed by atoms with Crippen LogP contribution in [0.4, 0.5) is 0 Å². The van der Waals surface area contributed by atoms with Crippen LogP contribution in [-0.2, 0) is 42.9 Å². The van der Waals surface area contributed by atoms with Crippen molar-refractivity contribution in [3.8, 4) is 0 Å². The highest BCUT2D eigenvalue weighted by Crippen LogP contribution is 2.31. The van der Waals surface area contributed by atoms with Crippen molar-refractivity contribution in [2.45, 2.75) is 57.1 Å². The van der Waals surface area contributed by atoms with Crippen LogP contribution in [0, 0.1) is 0 Å². The van der Waals surface area contributed by atoms with E-state index in [1.807, 2.05) is 0 Å². The Labute approximate surface area is 147 Å². The van der Waals surface area contributed by atoms with Crippen molar-refractivity contribution in [1.82, 2.24) is 0 Å². The number of carbonyl (C=O) groups excluding carboxylic acids is 4. The zero-order valence-electron chi connectivity index (χ0n) is 13.6.